The van der Waals surface area contributed by atoms with Gasteiger partial charge in [0.25, 0.3) is 5.92 Å². The summed E-state index contributed by atoms with van der Waals surface area (Å²) in [5.74, 6) is -2.92. The Morgan fingerprint density at radius 1 is 1.24 bits per heavy atom. The second-order valence-electron chi connectivity index (χ2n) is 9.68. The number of nitrogens with one attached hydrogen (secondary N) is 2. The number of aliphatic hydroxyl groups is 1. The van der Waals surface area contributed by atoms with Crippen LogP contribution in [0.5, 0.6) is 0 Å². The van der Waals surface area contributed by atoms with Crippen LogP contribution in [0.25, 0.3) is 10.9 Å². The molecule has 0 saturated carbocycles. The molecule has 1 atom stereocenters. The number of hydrogen-bond donors (Lipinski definition) is 3. The van der Waals surface area contributed by atoms with Gasteiger partial charge < -0.3 is 15.3 Å². The Morgan fingerprint density at radius 2 is 1.91 bits per heavy atom. The third-order valence-corrected chi connectivity index (χ3v) is 7.24. The van der Waals surface area contributed by atoms with Crippen LogP contribution in [0.4, 0.5) is 19.3 Å². The highest BCUT2D eigenvalue weighted by Gasteiger charge is 2.40. The molecule has 0 bridgehead atoms. The topological polar surface area (TPSA) is 81.2 Å². The van der Waals surface area contributed by atoms with Gasteiger partial charge in [-0.25, -0.2) is 13.6 Å². The van der Waals surface area contributed by atoms with Crippen LogP contribution >= 0.6 is 11.6 Å². The summed E-state index contributed by atoms with van der Waals surface area (Å²) >= 11 is 6.27. The minimum Gasteiger partial charge on any atom is -0.388 e. The first-order valence-corrected chi connectivity index (χ1v) is 11.7. The highest BCUT2D eigenvalue weighted by molar-refractivity contribution is 6.31. The number of aromatic nitrogens is 2. The molecular weight excluding hydrogens is 462 g/mol. The molecule has 34 heavy (non-hydrogen) atoms. The Hall–Kier alpha value is -2.71. The molecule has 0 spiro atoms. The Morgan fingerprint density at radius 3 is 2.59 bits per heavy atom. The van der Waals surface area contributed by atoms with Gasteiger partial charge in [0.15, 0.2) is 0 Å². The van der Waals surface area contributed by atoms with Gasteiger partial charge in [0, 0.05) is 41.5 Å². The minimum absolute atomic E-state index is 0.113. The summed E-state index contributed by atoms with van der Waals surface area (Å²) in [6, 6.07) is 9.11. The fraction of sp³-hybridized carbons (Fsp3) is 0.440. The lowest BCUT2D eigenvalue weighted by molar-refractivity contribution is -0.0138. The molecule has 2 amide bonds. The Labute approximate surface area is 202 Å². The summed E-state index contributed by atoms with van der Waals surface area (Å²) in [6.07, 6.45) is 2.23. The van der Waals surface area contributed by atoms with Crippen molar-refractivity contribution in [3.63, 3.8) is 0 Å². The van der Waals surface area contributed by atoms with Gasteiger partial charge in [0.1, 0.15) is 0 Å². The molecule has 3 N–H and O–H groups in total. The van der Waals surface area contributed by atoms with Crippen molar-refractivity contribution in [1.82, 2.24) is 15.1 Å². The van der Waals surface area contributed by atoms with Crippen molar-refractivity contribution in [3.05, 3.63) is 58.7 Å². The molecule has 9 heteroatoms. The lowest BCUT2D eigenvalue weighted by atomic mass is 9.68. The summed E-state index contributed by atoms with van der Waals surface area (Å²) in [6.45, 7) is 5.77. The van der Waals surface area contributed by atoms with Gasteiger partial charge in [0.05, 0.1) is 23.5 Å². The number of aliphatic hydroxyl groups excluding tert-OH is 1. The highest BCUT2D eigenvalue weighted by atomic mass is 35.5. The van der Waals surface area contributed by atoms with E-state index in [1.165, 1.54) is 18.2 Å². The Balaban J connectivity index is 1.44. The van der Waals surface area contributed by atoms with Crippen molar-refractivity contribution in [1.29, 1.82) is 0 Å². The van der Waals surface area contributed by atoms with E-state index in [1.54, 1.807) is 29.3 Å². The molecule has 3 aromatic rings. The molecule has 0 unspecified atom stereocenters. The van der Waals surface area contributed by atoms with E-state index < -0.39 is 23.5 Å². The standard InChI is InChI=1S/C25H29ClF2N4O2/c1-24(2,22(33)18-13-17(26)12-15-14-29-31-21(15)18)16-8-10-32(11-9-16)23(34)30-20-7-5-4-6-19(20)25(3,27)28/h4-7,12-14,16,22,33H,8-11H2,1-3H3,(H,29,31)(H,30,34)/t22-/m0/s1. The molecule has 4 rings (SSSR count). The number of likely N-dealkylation sites (tertiary alicyclic amines) is 1. The van der Waals surface area contributed by atoms with Gasteiger partial charge in [-0.3, -0.25) is 5.10 Å². The second kappa shape index (κ2) is 9.15. The smallest absolute Gasteiger partial charge is 0.321 e. The number of rotatable bonds is 5. The fourth-order valence-electron chi connectivity index (χ4n) is 4.88. The van der Waals surface area contributed by atoms with Crippen molar-refractivity contribution in [2.75, 3.05) is 18.4 Å². The van der Waals surface area contributed by atoms with Gasteiger partial charge in [0.2, 0.25) is 0 Å². The van der Waals surface area contributed by atoms with Crippen molar-refractivity contribution < 1.29 is 18.7 Å². The van der Waals surface area contributed by atoms with E-state index >= 15 is 0 Å². The molecular formula is C25H29ClF2N4O2. The zero-order valence-corrected chi connectivity index (χ0v) is 20.2. The first-order chi connectivity index (χ1) is 16.0. The monoisotopic (exact) mass is 490 g/mol. The van der Waals surface area contributed by atoms with E-state index in [4.69, 9.17) is 11.6 Å². The van der Waals surface area contributed by atoms with Gasteiger partial charge in [-0.2, -0.15) is 5.10 Å². The van der Waals surface area contributed by atoms with Crippen LogP contribution in [0.3, 0.4) is 0 Å². The number of benzene rings is 2. The molecule has 1 aliphatic rings. The van der Waals surface area contributed by atoms with E-state index in [-0.39, 0.29) is 17.2 Å². The summed E-state index contributed by atoms with van der Waals surface area (Å²) in [5, 5.41) is 22.4. The lowest BCUT2D eigenvalue weighted by Crippen LogP contribution is -2.45. The Bertz CT molecular complexity index is 1180. The average Bonchev–Trinajstić information content (AvgIpc) is 3.26. The number of amides is 2. The number of H-pyrrole nitrogens is 1. The molecule has 2 aromatic carbocycles. The first kappa shape index (κ1) is 24.4. The zero-order chi connectivity index (χ0) is 24.7. The summed E-state index contributed by atoms with van der Waals surface area (Å²) in [5.41, 5.74) is 0.856. The second-order valence-corrected chi connectivity index (χ2v) is 10.1. The van der Waals surface area contributed by atoms with Crippen molar-refractivity contribution in [2.24, 2.45) is 11.3 Å². The van der Waals surface area contributed by atoms with Crippen molar-refractivity contribution >= 4 is 34.2 Å². The highest BCUT2D eigenvalue weighted by Crippen LogP contribution is 2.46. The van der Waals surface area contributed by atoms with Crippen LogP contribution in [0, 0.1) is 11.3 Å². The number of piperidine rings is 1. The predicted molar refractivity (Wildman–Crippen MR) is 129 cm³/mol. The number of aromatic amines is 1. The van der Waals surface area contributed by atoms with Crippen molar-refractivity contribution in [3.8, 4) is 0 Å². The maximum atomic E-state index is 13.9. The molecule has 6 nitrogen and oxygen atoms in total. The van der Waals surface area contributed by atoms with E-state index in [1.807, 2.05) is 13.8 Å². The van der Waals surface area contributed by atoms with Crippen LogP contribution in [-0.4, -0.2) is 39.3 Å². The maximum absolute atomic E-state index is 13.9. The largest absolute Gasteiger partial charge is 0.388 e. The number of hydrogen-bond acceptors (Lipinski definition) is 3. The van der Waals surface area contributed by atoms with Gasteiger partial charge >= 0.3 is 6.03 Å². The van der Waals surface area contributed by atoms with Crippen LogP contribution in [0.1, 0.15) is 50.8 Å². The lowest BCUT2D eigenvalue weighted by Gasteiger charge is -2.43. The molecule has 1 aliphatic heterocycles. The fourth-order valence-corrected chi connectivity index (χ4v) is 5.12. The molecule has 1 saturated heterocycles. The number of alkyl halides is 2. The van der Waals surface area contributed by atoms with E-state index in [9.17, 15) is 18.7 Å². The number of carbonyl (C=O) groups is 1. The zero-order valence-electron chi connectivity index (χ0n) is 19.4. The average molecular weight is 491 g/mol. The van der Waals surface area contributed by atoms with Gasteiger partial charge in [-0.15, -0.1) is 0 Å². The molecule has 2 heterocycles. The SMILES string of the molecule is CC(F)(F)c1ccccc1NC(=O)N1CCC(C(C)(C)[C@@H](O)c2cc(Cl)cc3cn[nH]c23)CC1. The maximum Gasteiger partial charge on any atom is 0.321 e. The minimum atomic E-state index is -3.06. The summed E-state index contributed by atoms with van der Waals surface area (Å²) in [7, 11) is 0. The van der Waals surface area contributed by atoms with Crippen LogP contribution in [0.2, 0.25) is 5.02 Å². The quantitative estimate of drug-likeness (QED) is 0.390. The van der Waals surface area contributed by atoms with Crippen LogP contribution in [0.15, 0.2) is 42.6 Å². The van der Waals surface area contributed by atoms with E-state index in [0.717, 1.165) is 17.8 Å². The van der Waals surface area contributed by atoms with Crippen LogP contribution in [-0.2, 0) is 5.92 Å². The predicted octanol–water partition coefficient (Wildman–Crippen LogP) is 6.33. The number of fused-ring (bicyclic) bond motifs is 1. The van der Waals surface area contributed by atoms with Gasteiger partial charge in [-0.1, -0.05) is 43.6 Å². The van der Waals surface area contributed by atoms with Crippen LogP contribution < -0.4 is 5.32 Å². The third-order valence-electron chi connectivity index (χ3n) is 7.02. The number of halogens is 3. The number of carbonyl (C=O) groups excluding carboxylic acids is 1. The first-order valence-electron chi connectivity index (χ1n) is 11.3. The number of anilines is 1. The normalized spacial score (nSPS) is 16.6. The van der Waals surface area contributed by atoms with E-state index in [2.05, 4.69) is 15.5 Å². The number of nitrogens with zero attached hydrogens (tertiary/aromatic N) is 2. The summed E-state index contributed by atoms with van der Waals surface area (Å²) in [4.78, 5) is 14.4. The molecule has 1 fully saturated rings. The molecule has 0 radical (unpaired) electrons. The third kappa shape index (κ3) is 4.74. The summed E-state index contributed by atoms with van der Waals surface area (Å²) < 4.78 is 27.8. The molecule has 1 aromatic heterocycles. The van der Waals surface area contributed by atoms with E-state index in [0.29, 0.717) is 36.5 Å². The number of urea groups is 1. The molecule has 182 valence electrons. The van der Waals surface area contributed by atoms with Gasteiger partial charge in [-0.05, 0) is 42.4 Å². The number of para-hydroxylation sites is 1. The molecule has 0 aliphatic carbocycles. The van der Waals surface area contributed by atoms with Crippen molar-refractivity contribution in [2.45, 2.75) is 45.6 Å². The Kier molecular flexibility index (Phi) is 6.57.